The lowest BCUT2D eigenvalue weighted by Gasteiger charge is -2.04. The van der Waals surface area contributed by atoms with Gasteiger partial charge in [0.25, 0.3) is 5.91 Å². The highest BCUT2D eigenvalue weighted by atomic mass is 16.5. The van der Waals surface area contributed by atoms with E-state index in [4.69, 9.17) is 15.1 Å². The van der Waals surface area contributed by atoms with E-state index >= 15 is 0 Å². The molecule has 0 radical (unpaired) electrons. The van der Waals surface area contributed by atoms with E-state index in [0.717, 1.165) is 0 Å². The third-order valence-corrected chi connectivity index (χ3v) is 1.27. The van der Waals surface area contributed by atoms with Crippen LogP contribution in [0.3, 0.4) is 0 Å². The Labute approximate surface area is 80.8 Å². The molecule has 0 aromatic carbocycles. The van der Waals surface area contributed by atoms with Crippen molar-refractivity contribution >= 4 is 12.0 Å². The first-order valence-corrected chi connectivity index (χ1v) is 3.81. The standard InChI is InChI=1S/C8H10N2O4/c1-3-14-5(2)6(4-9)7(11)10-8(12)13/h3H2,1-2H3,(H,10,11)(H,12,13). The van der Waals surface area contributed by atoms with Crippen LogP contribution < -0.4 is 5.32 Å². The molecular weight excluding hydrogens is 188 g/mol. The highest BCUT2D eigenvalue weighted by Crippen LogP contribution is 2.04. The zero-order valence-electron chi connectivity index (χ0n) is 7.83. The van der Waals surface area contributed by atoms with Crippen LogP contribution >= 0.6 is 0 Å². The van der Waals surface area contributed by atoms with Crippen LogP contribution in [0.25, 0.3) is 0 Å². The van der Waals surface area contributed by atoms with Gasteiger partial charge in [-0.25, -0.2) is 4.79 Å². The molecule has 0 saturated heterocycles. The maximum atomic E-state index is 11.0. The second kappa shape index (κ2) is 5.59. The van der Waals surface area contributed by atoms with Gasteiger partial charge in [-0.1, -0.05) is 0 Å². The Balaban J connectivity index is 4.73. The Kier molecular flexibility index (Phi) is 4.78. The van der Waals surface area contributed by atoms with E-state index in [1.807, 2.05) is 0 Å². The molecule has 0 atom stereocenters. The second-order valence-electron chi connectivity index (χ2n) is 2.24. The van der Waals surface area contributed by atoms with E-state index in [0.29, 0.717) is 6.61 Å². The van der Waals surface area contributed by atoms with Gasteiger partial charge < -0.3 is 9.84 Å². The zero-order chi connectivity index (χ0) is 11.1. The molecule has 0 aliphatic heterocycles. The molecule has 0 aromatic rings. The first kappa shape index (κ1) is 12.0. The van der Waals surface area contributed by atoms with Crippen LogP contribution in [-0.2, 0) is 9.53 Å². The Bertz CT molecular complexity index is 314. The zero-order valence-corrected chi connectivity index (χ0v) is 7.83. The van der Waals surface area contributed by atoms with Gasteiger partial charge in [-0.2, -0.15) is 5.26 Å². The van der Waals surface area contributed by atoms with Gasteiger partial charge in [0.15, 0.2) is 5.57 Å². The van der Waals surface area contributed by atoms with Gasteiger partial charge in [-0.05, 0) is 13.8 Å². The van der Waals surface area contributed by atoms with E-state index in [2.05, 4.69) is 0 Å². The Morgan fingerprint density at radius 2 is 2.14 bits per heavy atom. The molecule has 2 amide bonds. The number of carbonyl (C=O) groups is 2. The summed E-state index contributed by atoms with van der Waals surface area (Å²) in [5.41, 5.74) is -0.339. The van der Waals surface area contributed by atoms with Gasteiger partial charge in [-0.3, -0.25) is 10.1 Å². The molecule has 2 N–H and O–H groups in total. The number of carboxylic acid groups (broad SMARTS) is 1. The summed E-state index contributed by atoms with van der Waals surface area (Å²) < 4.78 is 4.90. The topological polar surface area (TPSA) is 99.4 Å². The van der Waals surface area contributed by atoms with Crippen LogP contribution in [0.5, 0.6) is 0 Å². The van der Waals surface area contributed by atoms with E-state index in [9.17, 15) is 9.59 Å². The lowest BCUT2D eigenvalue weighted by molar-refractivity contribution is -0.116. The average Bonchev–Trinajstić information content (AvgIpc) is 2.04. The van der Waals surface area contributed by atoms with Crippen LogP contribution in [0.15, 0.2) is 11.3 Å². The van der Waals surface area contributed by atoms with Gasteiger partial charge in [0.2, 0.25) is 0 Å². The normalized spacial score (nSPS) is 10.9. The average molecular weight is 198 g/mol. The van der Waals surface area contributed by atoms with Crippen LogP contribution in [0.4, 0.5) is 4.79 Å². The molecule has 14 heavy (non-hydrogen) atoms. The molecule has 0 heterocycles. The van der Waals surface area contributed by atoms with Gasteiger partial charge >= 0.3 is 6.09 Å². The summed E-state index contributed by atoms with van der Waals surface area (Å²) in [5.74, 6) is -0.875. The fourth-order valence-corrected chi connectivity index (χ4v) is 0.738. The van der Waals surface area contributed by atoms with Crippen LogP contribution in [0.2, 0.25) is 0 Å². The molecule has 6 heteroatoms. The summed E-state index contributed by atoms with van der Waals surface area (Å²) in [6.45, 7) is 3.41. The van der Waals surface area contributed by atoms with E-state index in [1.165, 1.54) is 6.92 Å². The number of nitriles is 1. The van der Waals surface area contributed by atoms with Crippen molar-refractivity contribution in [3.63, 3.8) is 0 Å². The molecular formula is C8H10N2O4. The van der Waals surface area contributed by atoms with Gasteiger partial charge in [0.1, 0.15) is 11.8 Å². The molecule has 0 aliphatic rings. The molecule has 0 bridgehead atoms. The number of nitrogens with one attached hydrogen (secondary N) is 1. The largest absolute Gasteiger partial charge is 0.497 e. The number of imide groups is 1. The van der Waals surface area contributed by atoms with Crippen molar-refractivity contribution in [1.82, 2.24) is 5.32 Å². The fraction of sp³-hybridized carbons (Fsp3) is 0.375. The molecule has 0 aliphatic carbocycles. The van der Waals surface area contributed by atoms with Crippen molar-refractivity contribution < 1.29 is 19.4 Å². The summed E-state index contributed by atoms with van der Waals surface area (Å²) in [4.78, 5) is 21.2. The number of ether oxygens (including phenoxy) is 1. The van der Waals surface area contributed by atoms with Crippen molar-refractivity contribution in [3.05, 3.63) is 11.3 Å². The predicted molar refractivity (Wildman–Crippen MR) is 46.1 cm³/mol. The molecule has 76 valence electrons. The number of amides is 2. The number of carbonyl (C=O) groups excluding carboxylic acids is 1. The lowest BCUT2D eigenvalue weighted by Crippen LogP contribution is -2.30. The first-order chi connectivity index (χ1) is 6.52. The molecule has 6 nitrogen and oxygen atoms in total. The molecule has 0 rings (SSSR count). The van der Waals surface area contributed by atoms with Gasteiger partial charge in [-0.15, -0.1) is 0 Å². The van der Waals surface area contributed by atoms with Gasteiger partial charge in [0.05, 0.1) is 6.61 Å². The van der Waals surface area contributed by atoms with Gasteiger partial charge in [0, 0.05) is 0 Å². The number of rotatable bonds is 3. The summed E-state index contributed by atoms with van der Waals surface area (Å²) in [6, 6.07) is 1.57. The minimum atomic E-state index is -1.51. The van der Waals surface area contributed by atoms with E-state index in [-0.39, 0.29) is 11.3 Å². The smallest absolute Gasteiger partial charge is 0.411 e. The highest BCUT2D eigenvalue weighted by Gasteiger charge is 2.15. The Hall–Kier alpha value is -2.03. The second-order valence-corrected chi connectivity index (χ2v) is 2.24. The highest BCUT2D eigenvalue weighted by molar-refractivity contribution is 6.04. The summed E-state index contributed by atoms with van der Waals surface area (Å²) in [5, 5.41) is 18.4. The maximum absolute atomic E-state index is 11.0. The van der Waals surface area contributed by atoms with Crippen molar-refractivity contribution in [1.29, 1.82) is 5.26 Å². The molecule has 0 aromatic heterocycles. The Morgan fingerprint density at radius 3 is 2.50 bits per heavy atom. The minimum absolute atomic E-state index is 0.105. The number of nitrogens with zero attached hydrogens (tertiary/aromatic N) is 1. The number of hydrogen-bond acceptors (Lipinski definition) is 4. The third kappa shape index (κ3) is 3.58. The number of allylic oxidation sites excluding steroid dienone is 1. The summed E-state index contributed by atoms with van der Waals surface area (Å²) >= 11 is 0. The third-order valence-electron chi connectivity index (χ3n) is 1.27. The predicted octanol–water partition coefficient (Wildman–Crippen LogP) is 0.615. The monoisotopic (exact) mass is 198 g/mol. The molecule has 0 fully saturated rings. The quantitative estimate of drug-likeness (QED) is 0.393. The molecule has 0 saturated carbocycles. The molecule has 0 spiro atoms. The van der Waals surface area contributed by atoms with Crippen molar-refractivity contribution in [3.8, 4) is 6.07 Å². The lowest BCUT2D eigenvalue weighted by atomic mass is 10.2. The van der Waals surface area contributed by atoms with Crippen molar-refractivity contribution in [2.75, 3.05) is 6.61 Å². The Morgan fingerprint density at radius 1 is 1.57 bits per heavy atom. The minimum Gasteiger partial charge on any atom is -0.497 e. The molecule has 0 unspecified atom stereocenters. The maximum Gasteiger partial charge on any atom is 0.411 e. The van der Waals surface area contributed by atoms with Crippen molar-refractivity contribution in [2.45, 2.75) is 13.8 Å². The first-order valence-electron chi connectivity index (χ1n) is 3.81. The number of hydrogen-bond donors (Lipinski definition) is 2. The van der Waals surface area contributed by atoms with Crippen molar-refractivity contribution in [2.24, 2.45) is 0 Å². The van der Waals surface area contributed by atoms with E-state index < -0.39 is 12.0 Å². The summed E-state index contributed by atoms with van der Waals surface area (Å²) in [6.07, 6.45) is -1.51. The SMILES string of the molecule is CCOC(C)=C(C#N)C(=O)NC(=O)O. The van der Waals surface area contributed by atoms with Crippen LogP contribution in [0.1, 0.15) is 13.8 Å². The van der Waals surface area contributed by atoms with E-state index in [1.54, 1.807) is 18.3 Å². The summed E-state index contributed by atoms with van der Waals surface area (Å²) in [7, 11) is 0. The van der Waals surface area contributed by atoms with Crippen LogP contribution in [-0.4, -0.2) is 23.7 Å². The fourth-order valence-electron chi connectivity index (χ4n) is 0.738. The van der Waals surface area contributed by atoms with Crippen LogP contribution in [0, 0.1) is 11.3 Å².